The molecule has 29 heavy (non-hydrogen) atoms. The molecule has 0 bridgehead atoms. The zero-order chi connectivity index (χ0) is 19.8. The number of fused-ring (bicyclic) bond motifs is 2. The monoisotopic (exact) mass is 390 g/mol. The van der Waals surface area contributed by atoms with Crippen LogP contribution in [0.15, 0.2) is 47.1 Å². The van der Waals surface area contributed by atoms with Crippen molar-refractivity contribution in [1.29, 1.82) is 0 Å². The Morgan fingerprint density at radius 3 is 2.79 bits per heavy atom. The summed E-state index contributed by atoms with van der Waals surface area (Å²) in [6.07, 6.45) is 4.47. The highest BCUT2D eigenvalue weighted by molar-refractivity contribution is 6.00. The lowest BCUT2D eigenvalue weighted by molar-refractivity contribution is 0.0735. The van der Waals surface area contributed by atoms with Crippen LogP contribution in [0.3, 0.4) is 0 Å². The molecule has 1 aromatic carbocycles. The van der Waals surface area contributed by atoms with Crippen LogP contribution in [0.5, 0.6) is 0 Å². The largest absolute Gasteiger partial charge is 0.354 e. The van der Waals surface area contributed by atoms with Crippen molar-refractivity contribution in [2.45, 2.75) is 26.2 Å². The number of nitrogens with zero attached hydrogens (tertiary/aromatic N) is 4. The van der Waals surface area contributed by atoms with Crippen LogP contribution in [0.25, 0.3) is 11.0 Å². The third kappa shape index (κ3) is 3.31. The fourth-order valence-corrected chi connectivity index (χ4v) is 4.58. The lowest BCUT2D eigenvalue weighted by Gasteiger charge is -2.38. The minimum Gasteiger partial charge on any atom is -0.354 e. The Bertz CT molecular complexity index is 1040. The lowest BCUT2D eigenvalue weighted by Crippen LogP contribution is -2.48. The number of aromatic nitrogens is 2. The Morgan fingerprint density at radius 2 is 1.93 bits per heavy atom. The number of hydrogen-bond acceptors (Lipinski definition) is 6. The minimum absolute atomic E-state index is 0.215. The molecule has 2 aromatic heterocycles. The average Bonchev–Trinajstić information content (AvgIpc) is 3.20. The second-order valence-corrected chi connectivity index (χ2v) is 8.48. The van der Waals surface area contributed by atoms with Crippen LogP contribution >= 0.6 is 0 Å². The third-order valence-corrected chi connectivity index (χ3v) is 6.61. The summed E-state index contributed by atoms with van der Waals surface area (Å²) in [5.41, 5.74) is 2.32. The number of aryl methyl sites for hydroxylation is 1. The number of carbonyl (C=O) groups is 1. The minimum atomic E-state index is -0.305. The molecule has 0 spiro atoms. The van der Waals surface area contributed by atoms with Gasteiger partial charge in [-0.05, 0) is 49.6 Å². The maximum atomic E-state index is 13.0. The van der Waals surface area contributed by atoms with Gasteiger partial charge >= 0.3 is 0 Å². The summed E-state index contributed by atoms with van der Waals surface area (Å²) in [5.74, 6) is 1.16. The molecule has 5 rings (SSSR count). The van der Waals surface area contributed by atoms with Crippen LogP contribution in [0, 0.1) is 5.41 Å². The molecule has 6 heteroatoms. The Hall–Kier alpha value is -2.73. The van der Waals surface area contributed by atoms with Crippen molar-refractivity contribution in [2.24, 2.45) is 5.41 Å². The first-order valence-electron chi connectivity index (χ1n) is 10.4. The van der Waals surface area contributed by atoms with Gasteiger partial charge in [0.2, 0.25) is 0 Å². The topological polar surface area (TPSA) is 62.5 Å². The summed E-state index contributed by atoms with van der Waals surface area (Å²) in [4.78, 5) is 22.2. The van der Waals surface area contributed by atoms with Crippen LogP contribution in [0.1, 0.15) is 35.8 Å². The number of rotatable bonds is 4. The van der Waals surface area contributed by atoms with Crippen molar-refractivity contribution in [3.05, 3.63) is 53.9 Å². The average molecular weight is 390 g/mol. The van der Waals surface area contributed by atoms with E-state index in [0.29, 0.717) is 5.69 Å². The number of para-hydroxylation sites is 1. The lowest BCUT2D eigenvalue weighted by atomic mass is 9.71. The Kier molecular flexibility index (Phi) is 4.59. The van der Waals surface area contributed by atoms with Gasteiger partial charge in [-0.2, -0.15) is 0 Å². The first-order valence-corrected chi connectivity index (χ1v) is 10.4. The maximum absolute atomic E-state index is 13.0. The van der Waals surface area contributed by atoms with E-state index in [0.717, 1.165) is 74.3 Å². The first kappa shape index (κ1) is 18.3. The van der Waals surface area contributed by atoms with Crippen LogP contribution in [0.2, 0.25) is 0 Å². The summed E-state index contributed by atoms with van der Waals surface area (Å²) < 4.78 is 5.46. The summed E-state index contributed by atoms with van der Waals surface area (Å²) in [5, 5.41) is 5.36. The van der Waals surface area contributed by atoms with Crippen molar-refractivity contribution in [3.63, 3.8) is 0 Å². The van der Waals surface area contributed by atoms with Gasteiger partial charge in [-0.25, -0.2) is 0 Å². The van der Waals surface area contributed by atoms with Gasteiger partial charge in [0.15, 0.2) is 17.2 Å². The van der Waals surface area contributed by atoms with Crippen molar-refractivity contribution in [3.8, 4) is 0 Å². The Balaban J connectivity index is 1.20. The molecule has 2 aliphatic rings. The summed E-state index contributed by atoms with van der Waals surface area (Å²) in [6.45, 7) is 6.85. The van der Waals surface area contributed by atoms with E-state index in [4.69, 9.17) is 4.52 Å². The molecule has 1 aliphatic heterocycles. The quantitative estimate of drug-likeness (QED) is 0.679. The van der Waals surface area contributed by atoms with Crippen LogP contribution in [-0.2, 0) is 6.42 Å². The first-order chi connectivity index (χ1) is 14.1. The van der Waals surface area contributed by atoms with E-state index in [2.05, 4.69) is 32.9 Å². The normalized spacial score (nSPS) is 22.8. The maximum Gasteiger partial charge on any atom is 0.187 e. The van der Waals surface area contributed by atoms with Crippen LogP contribution < -0.4 is 4.90 Å². The summed E-state index contributed by atoms with van der Waals surface area (Å²) >= 11 is 0. The highest BCUT2D eigenvalue weighted by atomic mass is 16.5. The van der Waals surface area contributed by atoms with Crippen LogP contribution in [-0.4, -0.2) is 53.5 Å². The van der Waals surface area contributed by atoms with Crippen molar-refractivity contribution in [1.82, 2.24) is 15.0 Å². The van der Waals surface area contributed by atoms with E-state index in [1.807, 2.05) is 30.3 Å². The van der Waals surface area contributed by atoms with Gasteiger partial charge in [-0.1, -0.05) is 30.3 Å². The molecule has 0 N–H and O–H groups in total. The van der Waals surface area contributed by atoms with E-state index in [9.17, 15) is 4.79 Å². The molecular formula is C23H26N4O2. The molecule has 3 aromatic rings. The Labute approximate surface area is 170 Å². The molecule has 1 saturated heterocycles. The van der Waals surface area contributed by atoms with Gasteiger partial charge < -0.3 is 9.42 Å². The van der Waals surface area contributed by atoms with Gasteiger partial charge in [0.05, 0.1) is 5.39 Å². The fourth-order valence-electron chi connectivity index (χ4n) is 4.58. The highest BCUT2D eigenvalue weighted by Crippen LogP contribution is 2.37. The van der Waals surface area contributed by atoms with Crippen molar-refractivity contribution >= 4 is 22.6 Å². The van der Waals surface area contributed by atoms with E-state index in [-0.39, 0.29) is 11.2 Å². The number of Topliss-reactive ketones (excluding diaryl/α,β-unsaturated/α-hetero) is 1. The highest BCUT2D eigenvalue weighted by Gasteiger charge is 2.39. The number of hydrogen-bond donors (Lipinski definition) is 0. The van der Waals surface area contributed by atoms with Gasteiger partial charge in [-0.15, -0.1) is 0 Å². The number of carbonyl (C=O) groups excluding carboxylic acids is 1. The molecular weight excluding hydrogens is 364 g/mol. The molecule has 0 saturated carbocycles. The standard InChI is InChI=1S/C23H26N4O2/c1-23(9-8-17-5-4-11-24-20(17)21(23)28)10-12-26-13-15-27(16-14-26)22-18-6-2-3-7-19(18)29-25-22/h2-7,11H,8-10,12-16H2,1H3. The second kappa shape index (κ2) is 7.26. The molecule has 1 fully saturated rings. The van der Waals surface area contributed by atoms with Gasteiger partial charge in [0, 0.05) is 37.8 Å². The van der Waals surface area contributed by atoms with Gasteiger partial charge in [0.25, 0.3) is 0 Å². The molecule has 1 atom stereocenters. The van der Waals surface area contributed by atoms with E-state index in [1.165, 1.54) is 0 Å². The number of anilines is 1. The fraction of sp³-hybridized carbons (Fsp3) is 0.435. The SMILES string of the molecule is CC1(CCN2CCN(c3noc4ccccc34)CC2)CCc2cccnc2C1=O. The van der Waals surface area contributed by atoms with Crippen molar-refractivity contribution < 1.29 is 9.32 Å². The number of pyridine rings is 1. The number of ketones is 1. The number of benzene rings is 1. The van der Waals surface area contributed by atoms with Crippen LogP contribution in [0.4, 0.5) is 5.82 Å². The van der Waals surface area contributed by atoms with Gasteiger partial charge in [-0.3, -0.25) is 14.7 Å². The second-order valence-electron chi connectivity index (χ2n) is 8.48. The predicted molar refractivity (Wildman–Crippen MR) is 112 cm³/mol. The molecule has 3 heterocycles. The third-order valence-electron chi connectivity index (χ3n) is 6.61. The molecule has 1 unspecified atom stereocenters. The molecule has 1 aliphatic carbocycles. The van der Waals surface area contributed by atoms with E-state index in [1.54, 1.807) is 6.20 Å². The summed E-state index contributed by atoms with van der Waals surface area (Å²) in [6, 6.07) is 12.0. The Morgan fingerprint density at radius 1 is 1.10 bits per heavy atom. The molecule has 0 amide bonds. The molecule has 150 valence electrons. The smallest absolute Gasteiger partial charge is 0.187 e. The number of piperazine rings is 1. The molecule has 6 nitrogen and oxygen atoms in total. The van der Waals surface area contributed by atoms with Crippen molar-refractivity contribution in [2.75, 3.05) is 37.6 Å². The summed E-state index contributed by atoms with van der Waals surface area (Å²) in [7, 11) is 0. The zero-order valence-electron chi connectivity index (χ0n) is 16.8. The van der Waals surface area contributed by atoms with E-state index >= 15 is 0 Å². The van der Waals surface area contributed by atoms with Gasteiger partial charge in [0.1, 0.15) is 5.69 Å². The zero-order valence-corrected chi connectivity index (χ0v) is 16.8. The van der Waals surface area contributed by atoms with E-state index < -0.39 is 0 Å². The predicted octanol–water partition coefficient (Wildman–Crippen LogP) is 3.57. The molecule has 0 radical (unpaired) electrons.